The number of hydrogen-bond acceptors (Lipinski definition) is 5. The van der Waals surface area contributed by atoms with Crippen LogP contribution in [-0.2, 0) is 13.5 Å². The third-order valence-electron chi connectivity index (χ3n) is 3.41. The average molecular weight is 330 g/mol. The molecule has 1 amide bonds. The Labute approximate surface area is 138 Å². The molecule has 0 aliphatic rings. The first-order valence-electron chi connectivity index (χ1n) is 7.30. The third kappa shape index (κ3) is 3.68. The smallest absolute Gasteiger partial charge is 0.254 e. The maximum Gasteiger partial charge on any atom is 0.254 e. The number of aryl methyl sites for hydroxylation is 2. The second-order valence-electron chi connectivity index (χ2n) is 5.55. The fourth-order valence-electron chi connectivity index (χ4n) is 2.36. The fraction of sp³-hybridized carbons (Fsp3) is 0.312. The first kappa shape index (κ1) is 15.5. The van der Waals surface area contributed by atoms with Crippen LogP contribution >= 0.6 is 11.3 Å². The van der Waals surface area contributed by atoms with Gasteiger partial charge in [-0.3, -0.25) is 9.48 Å². The van der Waals surface area contributed by atoms with Gasteiger partial charge in [0.1, 0.15) is 12.0 Å². The molecule has 0 aliphatic carbocycles. The second-order valence-corrected chi connectivity index (χ2v) is 6.61. The molecule has 1 N–H and O–H groups in total. The number of carbonyl (C=O) groups is 1. The molecule has 0 saturated carbocycles. The molecule has 0 aliphatic heterocycles. The van der Waals surface area contributed by atoms with Gasteiger partial charge >= 0.3 is 0 Å². The molecule has 3 rings (SSSR count). The highest BCUT2D eigenvalue weighted by Gasteiger charge is 2.15. The molecule has 1 atom stereocenters. The van der Waals surface area contributed by atoms with E-state index in [0.29, 0.717) is 11.3 Å². The molecule has 3 aromatic rings. The Morgan fingerprint density at radius 1 is 1.52 bits per heavy atom. The number of amides is 1. The summed E-state index contributed by atoms with van der Waals surface area (Å²) < 4.78 is 7.21. The molecule has 3 aromatic heterocycles. The molecule has 1 unspecified atom stereocenters. The van der Waals surface area contributed by atoms with Crippen molar-refractivity contribution in [3.8, 4) is 11.5 Å². The van der Waals surface area contributed by atoms with Crippen molar-refractivity contribution >= 4 is 17.2 Å². The Kier molecular flexibility index (Phi) is 4.29. The minimum atomic E-state index is -0.150. The molecule has 3 heterocycles. The number of nitrogens with zero attached hydrogens (tertiary/aromatic N) is 3. The van der Waals surface area contributed by atoms with Gasteiger partial charge in [0.15, 0.2) is 5.76 Å². The van der Waals surface area contributed by atoms with E-state index in [0.717, 1.165) is 22.7 Å². The highest BCUT2D eigenvalue weighted by molar-refractivity contribution is 7.09. The van der Waals surface area contributed by atoms with Crippen molar-refractivity contribution in [2.75, 3.05) is 0 Å². The maximum atomic E-state index is 12.3. The standard InChI is InChI=1S/C16H18N4O2S/c1-10(4-12-6-17-20(3)7-12)18-16(21)13-5-15(22-8-13)14-9-23-11(2)19-14/h5-10H,4H2,1-3H3,(H,18,21). The number of thiazole rings is 1. The van der Waals surface area contributed by atoms with Gasteiger partial charge in [0.2, 0.25) is 0 Å². The highest BCUT2D eigenvalue weighted by atomic mass is 32.1. The van der Waals surface area contributed by atoms with Gasteiger partial charge in [0.25, 0.3) is 5.91 Å². The first-order chi connectivity index (χ1) is 11.0. The van der Waals surface area contributed by atoms with Crippen molar-refractivity contribution in [3.05, 3.63) is 46.2 Å². The van der Waals surface area contributed by atoms with Crippen LogP contribution in [-0.4, -0.2) is 26.7 Å². The molecule has 6 nitrogen and oxygen atoms in total. The second kappa shape index (κ2) is 6.37. The summed E-state index contributed by atoms with van der Waals surface area (Å²) in [6.45, 7) is 3.90. The van der Waals surface area contributed by atoms with E-state index in [1.165, 1.54) is 6.26 Å². The topological polar surface area (TPSA) is 73.0 Å². The predicted octanol–water partition coefficient (Wildman–Crippen LogP) is 2.81. The highest BCUT2D eigenvalue weighted by Crippen LogP contribution is 2.23. The lowest BCUT2D eigenvalue weighted by Crippen LogP contribution is -2.33. The van der Waals surface area contributed by atoms with Crippen LogP contribution in [0.5, 0.6) is 0 Å². The Morgan fingerprint density at radius 3 is 3.00 bits per heavy atom. The lowest BCUT2D eigenvalue weighted by atomic mass is 10.1. The molecule has 23 heavy (non-hydrogen) atoms. The quantitative estimate of drug-likeness (QED) is 0.781. The molecule has 0 bridgehead atoms. The van der Waals surface area contributed by atoms with E-state index in [1.54, 1.807) is 22.1 Å². The van der Waals surface area contributed by atoms with Gasteiger partial charge in [-0.2, -0.15) is 5.10 Å². The molecule has 0 radical (unpaired) electrons. The van der Waals surface area contributed by atoms with Crippen molar-refractivity contribution in [1.29, 1.82) is 0 Å². The zero-order valence-corrected chi connectivity index (χ0v) is 14.1. The van der Waals surface area contributed by atoms with Gasteiger partial charge in [-0.05, 0) is 31.9 Å². The average Bonchev–Trinajstić information content (AvgIpc) is 3.19. The lowest BCUT2D eigenvalue weighted by Gasteiger charge is -2.11. The minimum absolute atomic E-state index is 0.00608. The first-order valence-corrected chi connectivity index (χ1v) is 8.18. The molecule has 120 valence electrons. The van der Waals surface area contributed by atoms with Gasteiger partial charge < -0.3 is 9.73 Å². The number of carbonyl (C=O) groups excluding carboxylic acids is 1. The van der Waals surface area contributed by atoms with Gasteiger partial charge in [-0.25, -0.2) is 4.98 Å². The van der Waals surface area contributed by atoms with Crippen LogP contribution in [0.1, 0.15) is 27.9 Å². The van der Waals surface area contributed by atoms with E-state index in [4.69, 9.17) is 4.42 Å². The zero-order valence-electron chi connectivity index (χ0n) is 13.2. The van der Waals surface area contributed by atoms with E-state index >= 15 is 0 Å². The summed E-state index contributed by atoms with van der Waals surface area (Å²) in [7, 11) is 1.87. The van der Waals surface area contributed by atoms with Crippen LogP contribution in [0.15, 0.2) is 34.5 Å². The number of nitrogens with one attached hydrogen (secondary N) is 1. The summed E-state index contributed by atoms with van der Waals surface area (Å²) in [6, 6.07) is 1.73. The summed E-state index contributed by atoms with van der Waals surface area (Å²) in [5, 5.41) is 9.98. The molecular formula is C16H18N4O2S. The van der Waals surface area contributed by atoms with Crippen LogP contribution in [0.3, 0.4) is 0 Å². The van der Waals surface area contributed by atoms with Crippen LogP contribution < -0.4 is 5.32 Å². The fourth-order valence-corrected chi connectivity index (χ4v) is 2.96. The summed E-state index contributed by atoms with van der Waals surface area (Å²) in [6.07, 6.45) is 5.96. The van der Waals surface area contributed by atoms with Gasteiger partial charge in [-0.15, -0.1) is 11.3 Å². The Balaban J connectivity index is 1.63. The summed E-state index contributed by atoms with van der Waals surface area (Å²) in [5.41, 5.74) is 2.35. The normalized spacial score (nSPS) is 12.3. The zero-order chi connectivity index (χ0) is 16.4. The van der Waals surface area contributed by atoms with Crippen molar-refractivity contribution in [1.82, 2.24) is 20.1 Å². The SMILES string of the molecule is Cc1nc(-c2cc(C(=O)NC(C)Cc3cnn(C)c3)co2)cs1. The Morgan fingerprint density at radius 2 is 2.35 bits per heavy atom. The van der Waals surface area contributed by atoms with Crippen LogP contribution in [0.25, 0.3) is 11.5 Å². The van der Waals surface area contributed by atoms with Gasteiger partial charge in [-0.1, -0.05) is 0 Å². The molecular weight excluding hydrogens is 312 g/mol. The molecule has 7 heteroatoms. The molecule has 0 saturated heterocycles. The number of hydrogen-bond donors (Lipinski definition) is 1. The monoisotopic (exact) mass is 330 g/mol. The van der Waals surface area contributed by atoms with E-state index in [1.807, 2.05) is 38.7 Å². The van der Waals surface area contributed by atoms with Crippen molar-refractivity contribution < 1.29 is 9.21 Å². The summed E-state index contributed by atoms with van der Waals surface area (Å²) >= 11 is 1.55. The third-order valence-corrected chi connectivity index (χ3v) is 4.18. The van der Waals surface area contributed by atoms with E-state index in [2.05, 4.69) is 15.4 Å². The largest absolute Gasteiger partial charge is 0.462 e. The van der Waals surface area contributed by atoms with Crippen LogP contribution in [0.2, 0.25) is 0 Å². The number of rotatable bonds is 5. The van der Waals surface area contributed by atoms with Crippen LogP contribution in [0, 0.1) is 6.92 Å². The lowest BCUT2D eigenvalue weighted by molar-refractivity contribution is 0.0939. The summed E-state index contributed by atoms with van der Waals surface area (Å²) in [5.74, 6) is 0.461. The predicted molar refractivity (Wildman–Crippen MR) is 88.4 cm³/mol. The minimum Gasteiger partial charge on any atom is -0.462 e. The number of aromatic nitrogens is 3. The van der Waals surface area contributed by atoms with Crippen molar-refractivity contribution in [3.63, 3.8) is 0 Å². The molecule has 0 spiro atoms. The number of furan rings is 1. The van der Waals surface area contributed by atoms with Crippen LogP contribution in [0.4, 0.5) is 0 Å². The van der Waals surface area contributed by atoms with Gasteiger partial charge in [0.05, 0.1) is 16.8 Å². The van der Waals surface area contributed by atoms with E-state index < -0.39 is 0 Å². The Bertz CT molecular complexity index is 818. The van der Waals surface area contributed by atoms with Crippen molar-refractivity contribution in [2.24, 2.45) is 7.05 Å². The van der Waals surface area contributed by atoms with Crippen molar-refractivity contribution in [2.45, 2.75) is 26.3 Å². The molecule has 0 fully saturated rings. The Hall–Kier alpha value is -2.41. The molecule has 0 aromatic carbocycles. The van der Waals surface area contributed by atoms with Gasteiger partial charge in [0, 0.05) is 24.7 Å². The maximum absolute atomic E-state index is 12.3. The van der Waals surface area contributed by atoms with E-state index in [-0.39, 0.29) is 11.9 Å². The van der Waals surface area contributed by atoms with E-state index in [9.17, 15) is 4.79 Å². The summed E-state index contributed by atoms with van der Waals surface area (Å²) in [4.78, 5) is 16.6.